The summed E-state index contributed by atoms with van der Waals surface area (Å²) in [4.78, 5) is 0.174. The first kappa shape index (κ1) is 12.8. The Morgan fingerprint density at radius 1 is 1.41 bits per heavy atom. The minimum absolute atomic E-state index is 0.174. The molecule has 0 amide bonds. The van der Waals surface area contributed by atoms with Crippen LogP contribution in [0.5, 0.6) is 0 Å². The molecule has 1 aromatic carbocycles. The van der Waals surface area contributed by atoms with Crippen LogP contribution in [-0.4, -0.2) is 20.5 Å². The molecule has 0 unspecified atom stereocenters. The lowest BCUT2D eigenvalue weighted by molar-refractivity contribution is 0.251. The van der Waals surface area contributed by atoms with Crippen LogP contribution in [0.1, 0.15) is 19.3 Å². The Kier molecular flexibility index (Phi) is 3.45. The number of benzene rings is 1. The molecule has 0 atom stereocenters. The lowest BCUT2D eigenvalue weighted by Crippen LogP contribution is -2.54. The molecule has 1 aliphatic rings. The van der Waals surface area contributed by atoms with E-state index in [0.717, 1.165) is 19.3 Å². The molecule has 0 radical (unpaired) electrons. The van der Waals surface area contributed by atoms with E-state index >= 15 is 0 Å². The summed E-state index contributed by atoms with van der Waals surface area (Å²) in [7, 11) is -3.51. The lowest BCUT2D eigenvalue weighted by Gasteiger charge is -2.37. The molecule has 1 fully saturated rings. The SMILES string of the molecule is NC1(CNS(=O)(=O)c2cccc(Cl)c2)CCC1. The molecular weight excluding hydrogens is 260 g/mol. The van der Waals surface area contributed by atoms with Gasteiger partial charge in [-0.05, 0) is 37.5 Å². The molecule has 2 rings (SSSR count). The highest BCUT2D eigenvalue weighted by Gasteiger charge is 2.33. The Morgan fingerprint density at radius 3 is 2.65 bits per heavy atom. The molecule has 4 nitrogen and oxygen atoms in total. The second-order valence-electron chi connectivity index (χ2n) is 4.50. The molecular formula is C11H15ClN2O2S. The molecule has 1 aromatic rings. The fourth-order valence-electron chi connectivity index (χ4n) is 1.76. The quantitative estimate of drug-likeness (QED) is 0.874. The third kappa shape index (κ3) is 2.98. The van der Waals surface area contributed by atoms with Crippen molar-refractivity contribution in [2.75, 3.05) is 6.54 Å². The van der Waals surface area contributed by atoms with Gasteiger partial charge < -0.3 is 5.73 Å². The average molecular weight is 275 g/mol. The van der Waals surface area contributed by atoms with Crippen molar-refractivity contribution in [1.29, 1.82) is 0 Å². The van der Waals surface area contributed by atoms with Crippen LogP contribution in [0.4, 0.5) is 0 Å². The number of hydrogen-bond donors (Lipinski definition) is 2. The average Bonchev–Trinajstić information content (AvgIpc) is 2.24. The fraction of sp³-hybridized carbons (Fsp3) is 0.455. The van der Waals surface area contributed by atoms with Gasteiger partial charge in [-0.25, -0.2) is 13.1 Å². The van der Waals surface area contributed by atoms with Gasteiger partial charge in [0, 0.05) is 17.1 Å². The number of hydrogen-bond acceptors (Lipinski definition) is 3. The lowest BCUT2D eigenvalue weighted by atomic mass is 9.78. The van der Waals surface area contributed by atoms with E-state index in [0.29, 0.717) is 5.02 Å². The van der Waals surface area contributed by atoms with Crippen molar-refractivity contribution >= 4 is 21.6 Å². The summed E-state index contributed by atoms with van der Waals surface area (Å²) in [5.74, 6) is 0. The monoisotopic (exact) mass is 274 g/mol. The van der Waals surface area contributed by atoms with Crippen molar-refractivity contribution in [2.24, 2.45) is 5.73 Å². The van der Waals surface area contributed by atoms with Gasteiger partial charge in [-0.3, -0.25) is 0 Å². The van der Waals surface area contributed by atoms with E-state index in [9.17, 15) is 8.42 Å². The molecule has 0 heterocycles. The Labute approximate surface area is 106 Å². The molecule has 6 heteroatoms. The predicted molar refractivity (Wildman–Crippen MR) is 67.4 cm³/mol. The Morgan fingerprint density at radius 2 is 2.12 bits per heavy atom. The zero-order valence-corrected chi connectivity index (χ0v) is 10.9. The van der Waals surface area contributed by atoms with Crippen molar-refractivity contribution in [3.05, 3.63) is 29.3 Å². The van der Waals surface area contributed by atoms with Gasteiger partial charge >= 0.3 is 0 Å². The Hall–Kier alpha value is -0.620. The summed E-state index contributed by atoms with van der Waals surface area (Å²) in [6, 6.07) is 6.18. The highest BCUT2D eigenvalue weighted by atomic mass is 35.5. The molecule has 0 bridgehead atoms. The molecule has 0 saturated heterocycles. The topological polar surface area (TPSA) is 72.2 Å². The van der Waals surface area contributed by atoms with Crippen molar-refractivity contribution in [2.45, 2.75) is 29.7 Å². The van der Waals surface area contributed by atoms with Gasteiger partial charge in [0.25, 0.3) is 0 Å². The van der Waals surface area contributed by atoms with E-state index in [1.54, 1.807) is 12.1 Å². The fourth-order valence-corrected chi connectivity index (χ4v) is 3.20. The Balaban J connectivity index is 2.08. The van der Waals surface area contributed by atoms with Crippen LogP contribution >= 0.6 is 11.6 Å². The molecule has 1 saturated carbocycles. The van der Waals surface area contributed by atoms with Crippen LogP contribution in [0.15, 0.2) is 29.2 Å². The van der Waals surface area contributed by atoms with Gasteiger partial charge in [0.2, 0.25) is 10.0 Å². The van der Waals surface area contributed by atoms with E-state index in [1.165, 1.54) is 12.1 Å². The van der Waals surface area contributed by atoms with E-state index < -0.39 is 10.0 Å². The third-order valence-corrected chi connectivity index (χ3v) is 4.70. The van der Waals surface area contributed by atoms with Crippen LogP contribution in [0.2, 0.25) is 5.02 Å². The van der Waals surface area contributed by atoms with Crippen LogP contribution in [0, 0.1) is 0 Å². The van der Waals surface area contributed by atoms with E-state index in [4.69, 9.17) is 17.3 Å². The standard InChI is InChI=1S/C11H15ClN2O2S/c12-9-3-1-4-10(7-9)17(15,16)14-8-11(13)5-2-6-11/h1,3-4,7,14H,2,5-6,8,13H2. The largest absolute Gasteiger partial charge is 0.324 e. The maximum Gasteiger partial charge on any atom is 0.240 e. The van der Waals surface area contributed by atoms with Crippen LogP contribution < -0.4 is 10.5 Å². The minimum atomic E-state index is -3.51. The van der Waals surface area contributed by atoms with Crippen molar-refractivity contribution in [1.82, 2.24) is 4.72 Å². The van der Waals surface area contributed by atoms with E-state index in [-0.39, 0.29) is 17.0 Å². The van der Waals surface area contributed by atoms with E-state index in [1.807, 2.05) is 0 Å². The van der Waals surface area contributed by atoms with Crippen LogP contribution in [-0.2, 0) is 10.0 Å². The zero-order valence-electron chi connectivity index (χ0n) is 9.32. The maximum atomic E-state index is 11.9. The molecule has 0 aromatic heterocycles. The van der Waals surface area contributed by atoms with Gasteiger partial charge in [-0.15, -0.1) is 0 Å². The Bertz CT molecular complexity index is 512. The van der Waals surface area contributed by atoms with Crippen molar-refractivity contribution in [3.8, 4) is 0 Å². The number of nitrogens with two attached hydrogens (primary N) is 1. The van der Waals surface area contributed by atoms with Crippen molar-refractivity contribution < 1.29 is 8.42 Å². The van der Waals surface area contributed by atoms with Gasteiger partial charge in [0.05, 0.1) is 4.90 Å². The summed E-state index contributed by atoms with van der Waals surface area (Å²) >= 11 is 5.76. The summed E-state index contributed by atoms with van der Waals surface area (Å²) in [5, 5.41) is 0.402. The van der Waals surface area contributed by atoms with E-state index in [2.05, 4.69) is 4.72 Å². The molecule has 94 valence electrons. The summed E-state index contributed by atoms with van der Waals surface area (Å²) in [6.07, 6.45) is 2.80. The maximum absolute atomic E-state index is 11.9. The normalized spacial score (nSPS) is 18.7. The number of rotatable bonds is 4. The molecule has 3 N–H and O–H groups in total. The second kappa shape index (κ2) is 4.57. The highest BCUT2D eigenvalue weighted by Crippen LogP contribution is 2.28. The number of nitrogens with one attached hydrogen (secondary N) is 1. The first-order chi connectivity index (χ1) is 7.91. The smallest absolute Gasteiger partial charge is 0.240 e. The predicted octanol–water partition coefficient (Wildman–Crippen LogP) is 1.50. The molecule has 17 heavy (non-hydrogen) atoms. The van der Waals surface area contributed by atoms with Gasteiger partial charge in [-0.1, -0.05) is 17.7 Å². The zero-order chi connectivity index (χ0) is 12.5. The first-order valence-corrected chi connectivity index (χ1v) is 7.32. The molecule has 0 aliphatic heterocycles. The molecule has 0 spiro atoms. The van der Waals surface area contributed by atoms with Crippen LogP contribution in [0.3, 0.4) is 0 Å². The summed E-state index contributed by atoms with van der Waals surface area (Å²) < 4.78 is 26.4. The highest BCUT2D eigenvalue weighted by molar-refractivity contribution is 7.89. The van der Waals surface area contributed by atoms with Crippen molar-refractivity contribution in [3.63, 3.8) is 0 Å². The van der Waals surface area contributed by atoms with Crippen LogP contribution in [0.25, 0.3) is 0 Å². The summed E-state index contributed by atoms with van der Waals surface area (Å²) in [5.41, 5.74) is 5.60. The number of halogens is 1. The van der Waals surface area contributed by atoms with Gasteiger partial charge in [0.1, 0.15) is 0 Å². The first-order valence-electron chi connectivity index (χ1n) is 5.45. The third-order valence-electron chi connectivity index (χ3n) is 3.07. The molecule has 1 aliphatic carbocycles. The number of sulfonamides is 1. The van der Waals surface area contributed by atoms with Gasteiger partial charge in [-0.2, -0.15) is 0 Å². The second-order valence-corrected chi connectivity index (χ2v) is 6.70. The van der Waals surface area contributed by atoms with Gasteiger partial charge in [0.15, 0.2) is 0 Å². The minimum Gasteiger partial charge on any atom is -0.324 e. The summed E-state index contributed by atoms with van der Waals surface area (Å²) in [6.45, 7) is 0.280.